The normalized spacial score (nSPS) is 24.0. The van der Waals surface area contributed by atoms with Crippen LogP contribution in [0.4, 0.5) is 0 Å². The van der Waals surface area contributed by atoms with Crippen LogP contribution in [0.3, 0.4) is 0 Å². The van der Waals surface area contributed by atoms with Crippen molar-refractivity contribution in [2.24, 2.45) is 5.92 Å². The van der Waals surface area contributed by atoms with Crippen LogP contribution in [-0.2, 0) is 14.0 Å². The number of carbonyl (C=O) groups excluding carboxylic acids is 1. The van der Waals surface area contributed by atoms with Gasteiger partial charge in [0.25, 0.3) is 0 Å². The molecular formula is C16H30O3Si. The van der Waals surface area contributed by atoms with E-state index in [0.717, 1.165) is 0 Å². The number of hydrogen-bond acceptors (Lipinski definition) is 3. The summed E-state index contributed by atoms with van der Waals surface area (Å²) in [5, 5.41) is 0.185. The number of carbonyl (C=O) groups is 1. The largest absolute Gasteiger partial charge is 0.460 e. The van der Waals surface area contributed by atoms with E-state index < -0.39 is 13.9 Å². The van der Waals surface area contributed by atoms with Crippen molar-refractivity contribution in [3.8, 4) is 0 Å². The second-order valence-corrected chi connectivity index (χ2v) is 12.9. The molecule has 2 atom stereocenters. The second kappa shape index (κ2) is 5.64. The third kappa shape index (κ3) is 4.74. The molecule has 1 rings (SSSR count). The molecule has 0 fully saturated rings. The van der Waals surface area contributed by atoms with Gasteiger partial charge in [0.1, 0.15) is 5.60 Å². The van der Waals surface area contributed by atoms with E-state index >= 15 is 0 Å². The first-order chi connectivity index (χ1) is 8.82. The molecule has 0 aromatic heterocycles. The van der Waals surface area contributed by atoms with Crippen LogP contribution in [0, 0.1) is 5.92 Å². The maximum Gasteiger partial charge on any atom is 0.313 e. The number of hydrogen-bond donors (Lipinski definition) is 0. The lowest BCUT2D eigenvalue weighted by atomic mass is 10.1. The summed E-state index contributed by atoms with van der Waals surface area (Å²) in [6.07, 6.45) is 4.72. The molecule has 0 spiro atoms. The van der Waals surface area contributed by atoms with Crippen LogP contribution in [0.2, 0.25) is 18.1 Å². The van der Waals surface area contributed by atoms with Gasteiger partial charge in [-0.25, -0.2) is 0 Å². The molecule has 20 heavy (non-hydrogen) atoms. The molecule has 3 nitrogen and oxygen atoms in total. The fourth-order valence-corrected chi connectivity index (χ4v) is 3.15. The highest BCUT2D eigenvalue weighted by molar-refractivity contribution is 6.74. The van der Waals surface area contributed by atoms with Crippen LogP contribution in [0.1, 0.15) is 48.0 Å². The highest BCUT2D eigenvalue weighted by atomic mass is 28.4. The molecule has 0 unspecified atom stereocenters. The molecule has 0 aliphatic heterocycles. The Bertz CT molecular complexity index is 386. The van der Waals surface area contributed by atoms with Gasteiger partial charge in [-0.2, -0.15) is 0 Å². The first kappa shape index (κ1) is 17.4. The van der Waals surface area contributed by atoms with Crippen molar-refractivity contribution in [3.63, 3.8) is 0 Å². The third-order valence-electron chi connectivity index (χ3n) is 4.01. The van der Waals surface area contributed by atoms with Crippen molar-refractivity contribution in [1.29, 1.82) is 0 Å². The fraction of sp³-hybridized carbons (Fsp3) is 0.812. The first-order valence-electron chi connectivity index (χ1n) is 7.41. The van der Waals surface area contributed by atoms with Gasteiger partial charge in [-0.3, -0.25) is 4.79 Å². The van der Waals surface area contributed by atoms with Gasteiger partial charge in [-0.05, 0) is 45.3 Å². The third-order valence-corrected chi connectivity index (χ3v) is 8.51. The monoisotopic (exact) mass is 298 g/mol. The summed E-state index contributed by atoms with van der Waals surface area (Å²) in [5.74, 6) is -0.306. The molecule has 0 saturated carbocycles. The van der Waals surface area contributed by atoms with Crippen molar-refractivity contribution in [2.45, 2.75) is 77.8 Å². The van der Waals surface area contributed by atoms with E-state index in [1.54, 1.807) is 0 Å². The molecule has 4 heteroatoms. The van der Waals surface area contributed by atoms with Crippen molar-refractivity contribution in [3.05, 3.63) is 12.2 Å². The minimum absolute atomic E-state index is 0.0495. The molecule has 0 heterocycles. The van der Waals surface area contributed by atoms with Crippen molar-refractivity contribution in [1.82, 2.24) is 0 Å². The van der Waals surface area contributed by atoms with E-state index in [9.17, 15) is 4.79 Å². The Balaban J connectivity index is 2.58. The van der Waals surface area contributed by atoms with Crippen molar-refractivity contribution < 1.29 is 14.0 Å². The summed E-state index contributed by atoms with van der Waals surface area (Å²) in [7, 11) is -1.78. The molecule has 0 aromatic carbocycles. The van der Waals surface area contributed by atoms with Gasteiger partial charge < -0.3 is 9.16 Å². The first-order valence-corrected chi connectivity index (χ1v) is 10.3. The van der Waals surface area contributed by atoms with Gasteiger partial charge in [0, 0.05) is 0 Å². The van der Waals surface area contributed by atoms with Crippen LogP contribution in [0.25, 0.3) is 0 Å². The number of rotatable bonds is 3. The molecule has 0 amide bonds. The summed E-state index contributed by atoms with van der Waals surface area (Å²) in [6, 6.07) is 0. The fourth-order valence-electron chi connectivity index (χ4n) is 1.86. The van der Waals surface area contributed by atoms with Crippen LogP contribution in [-0.4, -0.2) is 26.0 Å². The lowest BCUT2D eigenvalue weighted by Crippen LogP contribution is -2.43. The molecule has 0 saturated heterocycles. The highest BCUT2D eigenvalue weighted by Gasteiger charge is 2.40. The molecular weight excluding hydrogens is 268 g/mol. The smallest absolute Gasteiger partial charge is 0.313 e. The molecule has 0 aromatic rings. The maximum absolute atomic E-state index is 12.1. The average molecular weight is 298 g/mol. The van der Waals surface area contributed by atoms with Crippen LogP contribution < -0.4 is 0 Å². The van der Waals surface area contributed by atoms with E-state index in [1.165, 1.54) is 0 Å². The predicted molar refractivity (Wildman–Crippen MR) is 85.2 cm³/mol. The Hall–Kier alpha value is -0.613. The zero-order valence-corrected chi connectivity index (χ0v) is 15.2. The summed E-state index contributed by atoms with van der Waals surface area (Å²) >= 11 is 0. The Kier molecular flexibility index (Phi) is 4.92. The minimum atomic E-state index is -1.78. The van der Waals surface area contributed by atoms with Gasteiger partial charge in [0.2, 0.25) is 0 Å². The van der Waals surface area contributed by atoms with E-state index in [1.807, 2.05) is 32.9 Å². The van der Waals surface area contributed by atoms with Crippen LogP contribution in [0.15, 0.2) is 12.2 Å². The number of ether oxygens (including phenoxy) is 1. The van der Waals surface area contributed by atoms with Gasteiger partial charge >= 0.3 is 5.97 Å². The van der Waals surface area contributed by atoms with Gasteiger partial charge in [0.05, 0.1) is 12.0 Å². The van der Waals surface area contributed by atoms with Gasteiger partial charge in [0.15, 0.2) is 8.32 Å². The van der Waals surface area contributed by atoms with E-state index in [2.05, 4.69) is 33.9 Å². The SMILES string of the molecule is CC(C)(C)OC(=O)[C@H]1C=C[C@@H](O[Si](C)(C)C(C)(C)C)C1. The Morgan fingerprint density at radius 1 is 1.10 bits per heavy atom. The van der Waals surface area contributed by atoms with Gasteiger partial charge in [-0.15, -0.1) is 0 Å². The molecule has 116 valence electrons. The van der Waals surface area contributed by atoms with Crippen molar-refractivity contribution >= 4 is 14.3 Å². The Labute approximate surface area is 124 Å². The Morgan fingerprint density at radius 2 is 1.65 bits per heavy atom. The van der Waals surface area contributed by atoms with Crippen LogP contribution in [0.5, 0.6) is 0 Å². The molecule has 0 bridgehead atoms. The minimum Gasteiger partial charge on any atom is -0.460 e. The Morgan fingerprint density at radius 3 is 2.10 bits per heavy atom. The molecule has 0 radical (unpaired) electrons. The van der Waals surface area contributed by atoms with E-state index in [0.29, 0.717) is 6.42 Å². The summed E-state index contributed by atoms with van der Waals surface area (Å²) in [4.78, 5) is 12.1. The molecule has 0 N–H and O–H groups in total. The van der Waals surface area contributed by atoms with Crippen molar-refractivity contribution in [2.75, 3.05) is 0 Å². The zero-order chi connectivity index (χ0) is 15.8. The highest BCUT2D eigenvalue weighted by Crippen LogP contribution is 2.39. The molecule has 1 aliphatic carbocycles. The van der Waals surface area contributed by atoms with E-state index in [4.69, 9.17) is 9.16 Å². The topological polar surface area (TPSA) is 35.5 Å². The average Bonchev–Trinajstić information content (AvgIpc) is 2.60. The summed E-state index contributed by atoms with van der Waals surface area (Å²) in [5.41, 5.74) is -0.427. The standard InChI is InChI=1S/C16H30O3Si/c1-15(2,3)18-14(17)12-9-10-13(11-12)19-20(7,8)16(4,5)6/h9-10,12-13H,11H2,1-8H3/t12-,13+/m0/s1. The van der Waals surface area contributed by atoms with Crippen LogP contribution >= 0.6 is 0 Å². The second-order valence-electron chi connectivity index (χ2n) is 8.18. The lowest BCUT2D eigenvalue weighted by molar-refractivity contribution is -0.158. The quantitative estimate of drug-likeness (QED) is 0.443. The molecule has 1 aliphatic rings. The number of esters is 1. The summed E-state index contributed by atoms with van der Waals surface area (Å²) < 4.78 is 11.8. The van der Waals surface area contributed by atoms with Gasteiger partial charge in [-0.1, -0.05) is 32.9 Å². The maximum atomic E-state index is 12.1. The summed E-state index contributed by atoms with van der Waals surface area (Å²) in [6.45, 7) is 16.8. The van der Waals surface area contributed by atoms with E-state index in [-0.39, 0.29) is 23.0 Å². The lowest BCUT2D eigenvalue weighted by Gasteiger charge is -2.38. The predicted octanol–water partition coefficient (Wildman–Crippen LogP) is 4.29. The zero-order valence-electron chi connectivity index (χ0n) is 14.2.